The van der Waals surface area contributed by atoms with Crippen LogP contribution in [-0.4, -0.2) is 47.7 Å². The number of carbonyl (C=O) groups excluding carboxylic acids is 2. The first-order valence-corrected chi connectivity index (χ1v) is 14.8. The molecule has 1 N–H and O–H groups in total. The van der Waals surface area contributed by atoms with Gasteiger partial charge in [0.05, 0.1) is 25.4 Å². The van der Waals surface area contributed by atoms with E-state index in [1.807, 2.05) is 0 Å². The molecule has 17 heteroatoms. The first-order chi connectivity index (χ1) is 22.7. The Labute approximate surface area is 275 Å². The molecule has 2 amide bonds. The summed E-state index contributed by atoms with van der Waals surface area (Å²) in [6.45, 7) is -0.285. The molecule has 10 nitrogen and oxygen atoms in total. The van der Waals surface area contributed by atoms with Crippen LogP contribution >= 0.6 is 23.2 Å². The molecular formula is C31H19Cl2F5N4O6. The van der Waals surface area contributed by atoms with E-state index in [0.29, 0.717) is 0 Å². The Kier molecular flexibility index (Phi) is 6.97. The number of aromatic nitrogens is 3. The summed E-state index contributed by atoms with van der Waals surface area (Å²) in [5.74, 6) is -17.9. The molecule has 1 aliphatic carbocycles. The van der Waals surface area contributed by atoms with Crippen molar-refractivity contribution in [2.75, 3.05) is 12.0 Å². The smallest absolute Gasteiger partial charge is 0.352 e. The summed E-state index contributed by atoms with van der Waals surface area (Å²) >= 11 is 14.1. The third-order valence-electron chi connectivity index (χ3n) is 9.05. The summed E-state index contributed by atoms with van der Waals surface area (Å²) in [4.78, 5) is 50.1. The van der Waals surface area contributed by atoms with E-state index in [1.165, 1.54) is 37.5 Å². The van der Waals surface area contributed by atoms with Crippen LogP contribution in [0.3, 0.4) is 0 Å². The second-order valence-corrected chi connectivity index (χ2v) is 12.6. The van der Waals surface area contributed by atoms with Gasteiger partial charge in [0.25, 0.3) is 11.8 Å². The number of benzene rings is 3. The number of fused-ring (bicyclic) bond motifs is 4. The Bertz CT molecular complexity index is 2230. The van der Waals surface area contributed by atoms with Crippen molar-refractivity contribution in [3.05, 3.63) is 116 Å². The summed E-state index contributed by atoms with van der Waals surface area (Å²) in [7, 11) is 1.28. The van der Waals surface area contributed by atoms with Crippen LogP contribution in [0.4, 0.5) is 27.6 Å². The fourth-order valence-electron chi connectivity index (χ4n) is 6.86. The van der Waals surface area contributed by atoms with Gasteiger partial charge in [0.1, 0.15) is 17.2 Å². The van der Waals surface area contributed by atoms with Crippen molar-refractivity contribution in [1.29, 1.82) is 0 Å². The molecule has 3 aromatic carbocycles. The third kappa shape index (κ3) is 3.85. The van der Waals surface area contributed by atoms with Crippen LogP contribution in [0.5, 0.6) is 11.5 Å². The minimum absolute atomic E-state index is 0.0811. The van der Waals surface area contributed by atoms with Gasteiger partial charge in [-0.05, 0) is 35.9 Å². The Balaban J connectivity index is 1.52. The molecule has 0 spiro atoms. The number of halogens is 7. The Morgan fingerprint density at radius 3 is 2.10 bits per heavy atom. The lowest BCUT2D eigenvalue weighted by molar-refractivity contribution is -0.122. The van der Waals surface area contributed by atoms with E-state index >= 15 is 8.78 Å². The molecule has 4 atom stereocenters. The molecule has 48 heavy (non-hydrogen) atoms. The van der Waals surface area contributed by atoms with Gasteiger partial charge in [0.2, 0.25) is 5.82 Å². The normalized spacial score (nSPS) is 24.7. The maximum absolute atomic E-state index is 15.2. The molecule has 7 rings (SSSR count). The molecule has 3 heterocycles. The number of carbonyl (C=O) groups is 2. The molecular weight excluding hydrogens is 690 g/mol. The maximum atomic E-state index is 15.2. The van der Waals surface area contributed by atoms with E-state index in [4.69, 9.17) is 27.9 Å². The number of methoxy groups -OCH3 is 1. The van der Waals surface area contributed by atoms with Gasteiger partial charge in [-0.2, -0.15) is 0 Å². The van der Waals surface area contributed by atoms with Crippen LogP contribution in [0.25, 0.3) is 5.69 Å². The number of hydrogen-bond donors (Lipinski definition) is 1. The van der Waals surface area contributed by atoms with Crippen molar-refractivity contribution in [1.82, 2.24) is 13.9 Å². The van der Waals surface area contributed by atoms with E-state index in [9.17, 15) is 37.5 Å². The number of nitrogens with zero attached hydrogens (tertiary/aromatic N) is 4. The monoisotopic (exact) mass is 708 g/mol. The molecule has 0 bridgehead atoms. The first-order valence-electron chi connectivity index (χ1n) is 14.1. The number of phenols is 1. The van der Waals surface area contributed by atoms with Crippen LogP contribution < -0.4 is 21.0 Å². The fraction of sp³-hybridized carbons (Fsp3) is 0.226. The molecule has 2 fully saturated rings. The number of aromatic hydroxyl groups is 1. The highest BCUT2D eigenvalue weighted by Crippen LogP contribution is 2.65. The lowest BCUT2D eigenvalue weighted by atomic mass is 9.64. The lowest BCUT2D eigenvalue weighted by Crippen LogP contribution is -2.59. The molecule has 0 unspecified atom stereocenters. The maximum Gasteiger partial charge on any atom is 0.352 e. The zero-order valence-corrected chi connectivity index (χ0v) is 25.7. The molecule has 4 aromatic rings. The highest BCUT2D eigenvalue weighted by Gasteiger charge is 2.76. The number of imide groups is 1. The number of allylic oxidation sites excluding steroid dienone is 2. The molecule has 0 radical (unpaired) electrons. The minimum atomic E-state index is -2.81. The van der Waals surface area contributed by atoms with Gasteiger partial charge < -0.3 is 9.84 Å². The fourth-order valence-corrected chi connectivity index (χ4v) is 7.77. The summed E-state index contributed by atoms with van der Waals surface area (Å²) in [6, 6.07) is 10.2. The van der Waals surface area contributed by atoms with E-state index in [2.05, 4.69) is 0 Å². The van der Waals surface area contributed by atoms with Crippen LogP contribution in [0.1, 0.15) is 23.9 Å². The summed E-state index contributed by atoms with van der Waals surface area (Å²) < 4.78 is 81.2. The molecule has 2 aliphatic heterocycles. The van der Waals surface area contributed by atoms with Crippen LogP contribution in [-0.2, 0) is 16.1 Å². The number of hydrogen-bond acceptors (Lipinski definition) is 6. The Morgan fingerprint density at radius 2 is 1.48 bits per heavy atom. The molecule has 1 saturated heterocycles. The van der Waals surface area contributed by atoms with Crippen molar-refractivity contribution < 1.29 is 41.4 Å². The quantitative estimate of drug-likeness (QED) is 0.0839. The number of amides is 2. The van der Waals surface area contributed by atoms with Gasteiger partial charge in [-0.15, -0.1) is 23.2 Å². The van der Waals surface area contributed by atoms with Gasteiger partial charge in [-0.1, -0.05) is 24.3 Å². The first kappa shape index (κ1) is 31.7. The van der Waals surface area contributed by atoms with Gasteiger partial charge in [-0.25, -0.2) is 50.4 Å². The lowest BCUT2D eigenvalue weighted by Gasteiger charge is -2.49. The standard InChI is InChI=1S/C31H19Cl2F5N4O6/c1-48-14-7-8-18(43)16(11-14)19-15-9-10-39-28(46)40(13-5-3-2-4-6-13)29(47)42(39)17(15)12-30(32)26(44)41(27(45)31(19,30)33)25-23(37)21(35)20(34)22(36)24(25)38/h2-9,11,17,19,43H,10,12H2,1H3/t17-,19-,30-,31+/m1/s1. The number of anilines is 1. The highest BCUT2D eigenvalue weighted by atomic mass is 35.5. The number of phenolic OH excluding ortho intramolecular Hbond substituents is 1. The van der Waals surface area contributed by atoms with Crippen molar-refractivity contribution in [3.8, 4) is 17.2 Å². The topological polar surface area (TPSA) is 116 Å². The summed E-state index contributed by atoms with van der Waals surface area (Å²) in [5.41, 5.74) is -3.52. The van der Waals surface area contributed by atoms with E-state index < -0.39 is 91.8 Å². The SMILES string of the molecule is COc1ccc(O)c([C@H]2C3=CCn4c(=O)n(-c5ccccc5)c(=O)n4[C@@H]3C[C@@]3(Cl)C(=O)N(c4c(F)c(F)c(F)c(F)c4F)C(=O)[C@@]23Cl)c1. The second kappa shape index (κ2) is 10.6. The predicted molar refractivity (Wildman–Crippen MR) is 159 cm³/mol. The van der Waals surface area contributed by atoms with E-state index in [1.54, 1.807) is 18.2 Å². The Hall–Kier alpha value is -4.89. The van der Waals surface area contributed by atoms with Crippen molar-refractivity contribution in [3.63, 3.8) is 0 Å². The van der Waals surface area contributed by atoms with Crippen LogP contribution in [0.15, 0.2) is 69.8 Å². The molecule has 3 aliphatic rings. The average Bonchev–Trinajstić information content (AvgIpc) is 3.42. The van der Waals surface area contributed by atoms with E-state index in [0.717, 1.165) is 20.0 Å². The van der Waals surface area contributed by atoms with Crippen LogP contribution in [0.2, 0.25) is 0 Å². The second-order valence-electron chi connectivity index (χ2n) is 11.3. The zero-order chi connectivity index (χ0) is 34.6. The average molecular weight is 709 g/mol. The number of rotatable bonds is 4. The van der Waals surface area contributed by atoms with Gasteiger partial charge in [0.15, 0.2) is 33.0 Å². The minimum Gasteiger partial charge on any atom is -0.508 e. The van der Waals surface area contributed by atoms with Crippen molar-refractivity contribution >= 4 is 40.7 Å². The largest absolute Gasteiger partial charge is 0.508 e. The third-order valence-corrected chi connectivity index (χ3v) is 10.5. The van der Waals surface area contributed by atoms with Gasteiger partial charge in [-0.3, -0.25) is 9.59 Å². The summed E-state index contributed by atoms with van der Waals surface area (Å²) in [5, 5.41) is 11.1. The molecule has 1 saturated carbocycles. The van der Waals surface area contributed by atoms with Crippen LogP contribution in [0, 0.1) is 29.1 Å². The Morgan fingerprint density at radius 1 is 0.854 bits per heavy atom. The zero-order valence-electron chi connectivity index (χ0n) is 24.2. The number of ether oxygens (including phenoxy) is 1. The highest BCUT2D eigenvalue weighted by molar-refractivity contribution is 6.58. The van der Waals surface area contributed by atoms with Gasteiger partial charge >= 0.3 is 11.4 Å². The van der Waals surface area contributed by atoms with Gasteiger partial charge in [0, 0.05) is 17.9 Å². The molecule has 1 aromatic heterocycles. The van der Waals surface area contributed by atoms with E-state index in [-0.39, 0.29) is 34.0 Å². The summed E-state index contributed by atoms with van der Waals surface area (Å²) in [6.07, 6.45) is 0.642. The number of para-hydroxylation sites is 1. The number of alkyl halides is 2. The molecule has 248 valence electrons. The van der Waals surface area contributed by atoms with Crippen molar-refractivity contribution in [2.24, 2.45) is 0 Å². The van der Waals surface area contributed by atoms with Crippen molar-refractivity contribution in [2.45, 2.75) is 34.7 Å². The predicted octanol–water partition coefficient (Wildman–Crippen LogP) is 4.41.